The highest BCUT2D eigenvalue weighted by Crippen LogP contribution is 2.41. The topological polar surface area (TPSA) is 67.2 Å². The van der Waals surface area contributed by atoms with Gasteiger partial charge in [0, 0.05) is 25.2 Å². The van der Waals surface area contributed by atoms with E-state index >= 15 is 0 Å². The molecule has 186 valence electrons. The van der Waals surface area contributed by atoms with Crippen LogP contribution in [0.1, 0.15) is 52.1 Å². The molecule has 0 aliphatic heterocycles. The summed E-state index contributed by atoms with van der Waals surface area (Å²) in [6, 6.07) is 18.4. The van der Waals surface area contributed by atoms with Crippen molar-refractivity contribution in [3.05, 3.63) is 70.5 Å². The highest BCUT2D eigenvalue weighted by molar-refractivity contribution is 7.99. The maximum atomic E-state index is 13.4. The fraction of sp³-hybridized carbons (Fsp3) is 0.464. The Morgan fingerprint density at radius 1 is 1.06 bits per heavy atom. The van der Waals surface area contributed by atoms with E-state index in [0.29, 0.717) is 40.6 Å². The number of carbonyl (C=O) groups is 1. The highest BCUT2D eigenvalue weighted by Gasteiger charge is 2.33. The number of rotatable bonds is 11. The number of para-hydroxylation sites is 1. The number of carbonyl (C=O) groups excluding carboxylic acids is 1. The molecule has 0 bridgehead atoms. The number of thioether (sulfide) groups is 1. The van der Waals surface area contributed by atoms with Crippen LogP contribution in [0.3, 0.4) is 0 Å². The predicted molar refractivity (Wildman–Crippen MR) is 144 cm³/mol. The average Bonchev–Trinajstić information content (AvgIpc) is 3.68. The molecule has 4 rings (SSSR count). The summed E-state index contributed by atoms with van der Waals surface area (Å²) in [6.07, 6.45) is 2.28. The molecule has 1 amide bonds. The number of aromatic nitrogens is 2. The van der Waals surface area contributed by atoms with Gasteiger partial charge in [-0.1, -0.05) is 54.2 Å². The molecule has 1 aliphatic rings. The zero-order chi connectivity index (χ0) is 24.9. The minimum atomic E-state index is -0.0499. The molecule has 1 atom stereocenters. The van der Waals surface area contributed by atoms with Crippen molar-refractivity contribution in [3.63, 3.8) is 0 Å². The molecule has 1 saturated carbocycles. The molecule has 1 N–H and O–H groups in total. The number of hydrogen-bond donors (Lipinski definition) is 1. The van der Waals surface area contributed by atoms with Crippen LogP contribution in [0.2, 0.25) is 0 Å². The van der Waals surface area contributed by atoms with Crippen molar-refractivity contribution in [2.45, 2.75) is 70.4 Å². The van der Waals surface area contributed by atoms with E-state index in [-0.39, 0.29) is 23.3 Å². The third-order valence-electron chi connectivity index (χ3n) is 6.64. The van der Waals surface area contributed by atoms with Gasteiger partial charge in [-0.15, -0.1) is 0 Å². The Kier molecular flexibility index (Phi) is 8.29. The smallest absolute Gasteiger partial charge is 0.262 e. The molecule has 0 spiro atoms. The zero-order valence-corrected chi connectivity index (χ0v) is 21.9. The Hall–Kier alpha value is -2.64. The lowest BCUT2D eigenvalue weighted by Gasteiger charge is -2.30. The van der Waals surface area contributed by atoms with E-state index in [4.69, 9.17) is 4.98 Å². The standard InChI is InChI=1S/C28H36N4O2S/c1-19(2)31(20(3)4)16-17-32-27(34)23-12-8-9-13-24(23)29-28(32)35-18-25(33)30-26(22-14-15-22)21-10-6-5-7-11-21/h5-13,19-20,22,26H,14-18H2,1-4H3,(H,30,33). The van der Waals surface area contributed by atoms with Crippen molar-refractivity contribution >= 4 is 28.6 Å². The second-order valence-corrected chi connectivity index (χ2v) is 10.8. The molecule has 2 aromatic carbocycles. The number of nitrogens with zero attached hydrogens (tertiary/aromatic N) is 3. The zero-order valence-electron chi connectivity index (χ0n) is 21.1. The first-order chi connectivity index (χ1) is 16.8. The van der Waals surface area contributed by atoms with E-state index in [2.05, 4.69) is 50.0 Å². The minimum Gasteiger partial charge on any atom is -0.348 e. The van der Waals surface area contributed by atoms with Gasteiger partial charge in [0.25, 0.3) is 5.56 Å². The fourth-order valence-corrected chi connectivity index (χ4v) is 5.53. The first kappa shape index (κ1) is 25.5. The summed E-state index contributed by atoms with van der Waals surface area (Å²) in [5.41, 5.74) is 1.77. The molecule has 0 saturated heterocycles. The summed E-state index contributed by atoms with van der Waals surface area (Å²) in [5.74, 6) is 0.691. The largest absolute Gasteiger partial charge is 0.348 e. The molecule has 6 nitrogen and oxygen atoms in total. The second kappa shape index (κ2) is 11.4. The van der Waals surface area contributed by atoms with Gasteiger partial charge in [0.15, 0.2) is 5.16 Å². The van der Waals surface area contributed by atoms with Crippen LogP contribution in [-0.2, 0) is 11.3 Å². The van der Waals surface area contributed by atoms with Crippen molar-refractivity contribution in [3.8, 4) is 0 Å². The minimum absolute atomic E-state index is 0.0318. The Bertz CT molecular complexity index is 1200. The van der Waals surface area contributed by atoms with Crippen LogP contribution in [0, 0.1) is 5.92 Å². The lowest BCUT2D eigenvalue weighted by atomic mass is 10.0. The molecule has 35 heavy (non-hydrogen) atoms. The summed E-state index contributed by atoms with van der Waals surface area (Å²) >= 11 is 1.34. The molecular weight excluding hydrogens is 456 g/mol. The summed E-state index contributed by atoms with van der Waals surface area (Å²) in [6.45, 7) is 9.96. The van der Waals surface area contributed by atoms with Crippen LogP contribution in [0.25, 0.3) is 10.9 Å². The first-order valence-corrected chi connectivity index (χ1v) is 13.6. The maximum Gasteiger partial charge on any atom is 0.262 e. The Morgan fingerprint density at radius 3 is 2.37 bits per heavy atom. The van der Waals surface area contributed by atoms with Crippen molar-refractivity contribution in [2.75, 3.05) is 12.3 Å². The number of fused-ring (bicyclic) bond motifs is 1. The second-order valence-electron chi connectivity index (χ2n) is 9.88. The van der Waals surface area contributed by atoms with Gasteiger partial charge in [0.2, 0.25) is 5.91 Å². The van der Waals surface area contributed by atoms with Gasteiger partial charge in [0.1, 0.15) is 0 Å². The average molecular weight is 493 g/mol. The highest BCUT2D eigenvalue weighted by atomic mass is 32.2. The maximum absolute atomic E-state index is 13.4. The van der Waals surface area contributed by atoms with Gasteiger partial charge in [-0.25, -0.2) is 4.98 Å². The van der Waals surface area contributed by atoms with Crippen LogP contribution in [0.4, 0.5) is 0 Å². The third-order valence-corrected chi connectivity index (χ3v) is 7.61. The predicted octanol–water partition coefficient (Wildman–Crippen LogP) is 4.87. The van der Waals surface area contributed by atoms with E-state index < -0.39 is 0 Å². The molecule has 0 radical (unpaired) electrons. The molecule has 1 aromatic heterocycles. The van der Waals surface area contributed by atoms with Crippen molar-refractivity contribution in [2.24, 2.45) is 5.92 Å². The van der Waals surface area contributed by atoms with Gasteiger partial charge in [-0.3, -0.25) is 19.1 Å². The third kappa shape index (κ3) is 6.33. The van der Waals surface area contributed by atoms with Crippen molar-refractivity contribution < 1.29 is 4.79 Å². The van der Waals surface area contributed by atoms with Crippen LogP contribution in [-0.4, -0.2) is 44.7 Å². The molecule has 1 aliphatic carbocycles. The van der Waals surface area contributed by atoms with E-state index in [9.17, 15) is 9.59 Å². The SMILES string of the molecule is CC(C)N(CCn1c(SCC(=O)NC(c2ccccc2)C2CC2)nc2ccccc2c1=O)C(C)C. The summed E-state index contributed by atoms with van der Waals surface area (Å²) in [4.78, 5) is 33.5. The van der Waals surface area contributed by atoms with E-state index in [0.717, 1.165) is 24.9 Å². The molecule has 1 heterocycles. The lowest BCUT2D eigenvalue weighted by molar-refractivity contribution is -0.119. The van der Waals surface area contributed by atoms with Crippen LogP contribution in [0.5, 0.6) is 0 Å². The van der Waals surface area contributed by atoms with Gasteiger partial charge >= 0.3 is 0 Å². The van der Waals surface area contributed by atoms with Gasteiger partial charge in [-0.05, 0) is 64.2 Å². The molecular formula is C28H36N4O2S. The number of benzene rings is 2. The number of amides is 1. The normalized spacial score (nSPS) is 14.7. The number of hydrogen-bond acceptors (Lipinski definition) is 5. The van der Waals surface area contributed by atoms with Crippen LogP contribution >= 0.6 is 11.8 Å². The first-order valence-electron chi connectivity index (χ1n) is 12.6. The monoisotopic (exact) mass is 492 g/mol. The van der Waals surface area contributed by atoms with Gasteiger partial charge < -0.3 is 5.32 Å². The Balaban J connectivity index is 1.53. The van der Waals surface area contributed by atoms with Crippen LogP contribution < -0.4 is 10.9 Å². The van der Waals surface area contributed by atoms with E-state index in [1.54, 1.807) is 4.57 Å². The molecule has 1 fully saturated rings. The van der Waals surface area contributed by atoms with E-state index in [1.165, 1.54) is 11.8 Å². The van der Waals surface area contributed by atoms with Crippen molar-refractivity contribution in [1.29, 1.82) is 0 Å². The van der Waals surface area contributed by atoms with Gasteiger partial charge in [0.05, 0.1) is 22.7 Å². The lowest BCUT2D eigenvalue weighted by Crippen LogP contribution is -2.40. The quantitative estimate of drug-likeness (QED) is 0.305. The molecule has 7 heteroatoms. The summed E-state index contributed by atoms with van der Waals surface area (Å²) in [5, 5.41) is 4.44. The Labute approximate surface area is 212 Å². The van der Waals surface area contributed by atoms with Gasteiger partial charge in [-0.2, -0.15) is 0 Å². The van der Waals surface area contributed by atoms with E-state index in [1.807, 2.05) is 42.5 Å². The summed E-state index contributed by atoms with van der Waals surface area (Å²) < 4.78 is 1.74. The van der Waals surface area contributed by atoms with Crippen molar-refractivity contribution in [1.82, 2.24) is 19.8 Å². The molecule has 3 aromatic rings. The Morgan fingerprint density at radius 2 is 1.71 bits per heavy atom. The summed E-state index contributed by atoms with van der Waals surface area (Å²) in [7, 11) is 0. The molecule has 1 unspecified atom stereocenters. The number of nitrogens with one attached hydrogen (secondary N) is 1. The fourth-order valence-electron chi connectivity index (χ4n) is 4.69. The van der Waals surface area contributed by atoms with Crippen LogP contribution in [0.15, 0.2) is 64.5 Å².